The first-order chi connectivity index (χ1) is 11.1. The number of benzene rings is 2. The molecule has 0 spiro atoms. The van der Waals surface area contributed by atoms with E-state index in [2.05, 4.69) is 15.9 Å². The standard InChI is InChI=1S/C18H17BrFNO3/c1-18(2,3)21(17(23)24)13-8-9-14(15(19)10-13)16(22)11-4-6-12(20)7-5-11/h4-10H,1-3H3,(H,23,24). The highest BCUT2D eigenvalue weighted by Gasteiger charge is 2.28. The van der Waals surface area contributed by atoms with Gasteiger partial charge in [-0.05, 0) is 79.2 Å². The normalized spacial score (nSPS) is 11.2. The fourth-order valence-electron chi connectivity index (χ4n) is 2.37. The van der Waals surface area contributed by atoms with Gasteiger partial charge < -0.3 is 5.11 Å². The number of anilines is 1. The minimum atomic E-state index is -1.08. The fraction of sp³-hybridized carbons (Fsp3) is 0.222. The summed E-state index contributed by atoms with van der Waals surface area (Å²) in [6.45, 7) is 5.35. The second-order valence-electron chi connectivity index (χ2n) is 6.29. The molecule has 0 saturated heterocycles. The quantitative estimate of drug-likeness (QED) is 0.737. The number of halogens is 2. The van der Waals surface area contributed by atoms with Crippen LogP contribution in [0.4, 0.5) is 14.9 Å². The molecule has 0 heterocycles. The molecule has 0 atom stereocenters. The van der Waals surface area contributed by atoms with E-state index in [1.54, 1.807) is 39.0 Å². The molecule has 2 aromatic rings. The third kappa shape index (κ3) is 3.82. The maximum absolute atomic E-state index is 13.0. The molecule has 0 saturated carbocycles. The second kappa shape index (κ2) is 6.73. The first-order valence-electron chi connectivity index (χ1n) is 7.24. The van der Waals surface area contributed by atoms with Crippen LogP contribution in [-0.4, -0.2) is 22.5 Å². The molecule has 6 heteroatoms. The summed E-state index contributed by atoms with van der Waals surface area (Å²) in [4.78, 5) is 25.3. The predicted molar refractivity (Wildman–Crippen MR) is 94.2 cm³/mol. The van der Waals surface area contributed by atoms with E-state index in [4.69, 9.17) is 0 Å². The van der Waals surface area contributed by atoms with Crippen molar-refractivity contribution < 1.29 is 19.1 Å². The van der Waals surface area contributed by atoms with Gasteiger partial charge in [0.1, 0.15) is 5.82 Å². The second-order valence-corrected chi connectivity index (χ2v) is 7.14. The van der Waals surface area contributed by atoms with Crippen molar-refractivity contribution in [3.05, 3.63) is 63.9 Å². The maximum Gasteiger partial charge on any atom is 0.412 e. The van der Waals surface area contributed by atoms with Gasteiger partial charge in [0.15, 0.2) is 5.78 Å². The average molecular weight is 394 g/mol. The number of hydrogen-bond acceptors (Lipinski definition) is 2. The van der Waals surface area contributed by atoms with Crippen molar-refractivity contribution in [2.45, 2.75) is 26.3 Å². The van der Waals surface area contributed by atoms with Crippen LogP contribution in [0.2, 0.25) is 0 Å². The molecule has 0 aliphatic carbocycles. The van der Waals surface area contributed by atoms with Gasteiger partial charge in [-0.1, -0.05) is 0 Å². The lowest BCUT2D eigenvalue weighted by Crippen LogP contribution is -2.45. The Morgan fingerprint density at radius 3 is 2.12 bits per heavy atom. The fourth-order valence-corrected chi connectivity index (χ4v) is 2.92. The van der Waals surface area contributed by atoms with Crippen LogP contribution in [0.25, 0.3) is 0 Å². The highest BCUT2D eigenvalue weighted by atomic mass is 79.9. The van der Waals surface area contributed by atoms with E-state index in [0.29, 0.717) is 21.3 Å². The summed E-state index contributed by atoms with van der Waals surface area (Å²) in [7, 11) is 0. The van der Waals surface area contributed by atoms with Crippen molar-refractivity contribution in [2.24, 2.45) is 0 Å². The van der Waals surface area contributed by atoms with Crippen LogP contribution < -0.4 is 4.90 Å². The van der Waals surface area contributed by atoms with Crippen LogP contribution in [-0.2, 0) is 0 Å². The zero-order valence-electron chi connectivity index (χ0n) is 13.5. The number of amides is 1. The molecule has 2 rings (SSSR count). The molecule has 126 valence electrons. The van der Waals surface area contributed by atoms with E-state index >= 15 is 0 Å². The lowest BCUT2D eigenvalue weighted by molar-refractivity contribution is 0.103. The summed E-state index contributed by atoms with van der Waals surface area (Å²) in [6.07, 6.45) is -1.08. The Kier molecular flexibility index (Phi) is 5.08. The minimum Gasteiger partial charge on any atom is -0.465 e. The van der Waals surface area contributed by atoms with Crippen molar-refractivity contribution in [2.75, 3.05) is 4.90 Å². The molecule has 2 aromatic carbocycles. The van der Waals surface area contributed by atoms with Crippen molar-refractivity contribution in [3.8, 4) is 0 Å². The van der Waals surface area contributed by atoms with E-state index < -0.39 is 17.4 Å². The summed E-state index contributed by atoms with van der Waals surface area (Å²) in [5.41, 5.74) is 0.561. The lowest BCUT2D eigenvalue weighted by Gasteiger charge is -2.33. The molecular formula is C18H17BrFNO3. The minimum absolute atomic E-state index is 0.272. The zero-order chi connectivity index (χ0) is 18.1. The molecule has 0 radical (unpaired) electrons. The van der Waals surface area contributed by atoms with Crippen molar-refractivity contribution >= 4 is 33.5 Å². The first kappa shape index (κ1) is 18.1. The number of carboxylic acid groups (broad SMARTS) is 1. The van der Waals surface area contributed by atoms with Crippen molar-refractivity contribution in [1.29, 1.82) is 0 Å². The van der Waals surface area contributed by atoms with Crippen LogP contribution in [0.3, 0.4) is 0 Å². The molecule has 0 aliphatic heterocycles. The molecule has 1 N–H and O–H groups in total. The summed E-state index contributed by atoms with van der Waals surface area (Å²) in [5, 5.41) is 9.44. The topological polar surface area (TPSA) is 57.6 Å². The van der Waals surface area contributed by atoms with Gasteiger partial charge in [-0.2, -0.15) is 0 Å². The zero-order valence-corrected chi connectivity index (χ0v) is 15.1. The van der Waals surface area contributed by atoms with E-state index in [1.807, 2.05) is 0 Å². The van der Waals surface area contributed by atoms with Crippen LogP contribution >= 0.6 is 15.9 Å². The Morgan fingerprint density at radius 2 is 1.67 bits per heavy atom. The van der Waals surface area contributed by atoms with E-state index in [0.717, 1.165) is 0 Å². The molecule has 0 unspecified atom stereocenters. The number of carbonyl (C=O) groups excluding carboxylic acids is 1. The van der Waals surface area contributed by atoms with E-state index in [9.17, 15) is 19.1 Å². The van der Waals surface area contributed by atoms with Gasteiger partial charge in [0.25, 0.3) is 0 Å². The number of nitrogens with zero attached hydrogens (tertiary/aromatic N) is 1. The molecule has 0 aliphatic rings. The first-order valence-corrected chi connectivity index (χ1v) is 8.03. The third-order valence-corrected chi connectivity index (χ3v) is 4.08. The largest absolute Gasteiger partial charge is 0.465 e. The van der Waals surface area contributed by atoms with Gasteiger partial charge in [0.2, 0.25) is 0 Å². The number of carbonyl (C=O) groups is 2. The summed E-state index contributed by atoms with van der Waals surface area (Å²) in [5.74, 6) is -0.686. The van der Waals surface area contributed by atoms with Crippen LogP contribution in [0.5, 0.6) is 0 Å². The SMILES string of the molecule is CC(C)(C)N(C(=O)O)c1ccc(C(=O)c2ccc(F)cc2)c(Br)c1. The van der Waals surface area contributed by atoms with Crippen LogP contribution in [0.15, 0.2) is 46.9 Å². The van der Waals surface area contributed by atoms with E-state index in [-0.39, 0.29) is 5.78 Å². The number of rotatable bonds is 3. The molecule has 0 fully saturated rings. The van der Waals surface area contributed by atoms with Gasteiger partial charge in [-0.3, -0.25) is 9.69 Å². The lowest BCUT2D eigenvalue weighted by atomic mass is 10.0. The Balaban J connectivity index is 2.41. The molecule has 24 heavy (non-hydrogen) atoms. The van der Waals surface area contributed by atoms with Crippen molar-refractivity contribution in [3.63, 3.8) is 0 Å². The molecular weight excluding hydrogens is 377 g/mol. The predicted octanol–water partition coefficient (Wildman–Crippen LogP) is 5.10. The molecule has 0 aromatic heterocycles. The van der Waals surface area contributed by atoms with Crippen LogP contribution in [0.1, 0.15) is 36.7 Å². The highest BCUT2D eigenvalue weighted by molar-refractivity contribution is 9.10. The van der Waals surface area contributed by atoms with Gasteiger partial charge in [-0.15, -0.1) is 0 Å². The maximum atomic E-state index is 13.0. The highest BCUT2D eigenvalue weighted by Crippen LogP contribution is 2.30. The molecule has 0 bridgehead atoms. The third-order valence-electron chi connectivity index (χ3n) is 3.42. The average Bonchev–Trinajstić information content (AvgIpc) is 2.45. The summed E-state index contributed by atoms with van der Waals surface area (Å²) >= 11 is 3.33. The Morgan fingerprint density at radius 1 is 1.08 bits per heavy atom. The van der Waals surface area contributed by atoms with E-state index in [1.165, 1.54) is 29.2 Å². The van der Waals surface area contributed by atoms with Crippen LogP contribution in [0, 0.1) is 5.82 Å². The van der Waals surface area contributed by atoms with Gasteiger partial charge in [0.05, 0.1) is 0 Å². The number of hydrogen-bond donors (Lipinski definition) is 1. The molecule has 4 nitrogen and oxygen atoms in total. The summed E-state index contributed by atoms with van der Waals surface area (Å²) < 4.78 is 13.5. The van der Waals surface area contributed by atoms with Gasteiger partial charge in [0, 0.05) is 26.8 Å². The number of ketones is 1. The van der Waals surface area contributed by atoms with Gasteiger partial charge in [-0.25, -0.2) is 9.18 Å². The van der Waals surface area contributed by atoms with Gasteiger partial charge >= 0.3 is 6.09 Å². The Bertz CT molecular complexity index is 782. The smallest absolute Gasteiger partial charge is 0.412 e. The Hall–Kier alpha value is -2.21. The van der Waals surface area contributed by atoms with Crippen molar-refractivity contribution in [1.82, 2.24) is 0 Å². The monoisotopic (exact) mass is 393 g/mol. The summed E-state index contributed by atoms with van der Waals surface area (Å²) in [6, 6.07) is 10.0. The Labute approximate surface area is 148 Å². The molecule has 1 amide bonds.